The maximum Gasteiger partial charge on any atom is 0.306 e. The van der Waals surface area contributed by atoms with Crippen LogP contribution in [0.4, 0.5) is 0 Å². The summed E-state index contributed by atoms with van der Waals surface area (Å²) in [7, 11) is -2.94. The third-order valence-corrected chi connectivity index (χ3v) is 5.24. The van der Waals surface area contributed by atoms with Gasteiger partial charge in [0.15, 0.2) is 9.84 Å². The Morgan fingerprint density at radius 2 is 2.06 bits per heavy atom. The maximum atomic E-state index is 11.5. The summed E-state index contributed by atoms with van der Waals surface area (Å²) in [6.45, 7) is 2.28. The van der Waals surface area contributed by atoms with Gasteiger partial charge in [0, 0.05) is 18.3 Å². The fourth-order valence-corrected chi connectivity index (χ4v) is 3.69. The van der Waals surface area contributed by atoms with Gasteiger partial charge in [-0.15, -0.1) is 0 Å². The van der Waals surface area contributed by atoms with E-state index >= 15 is 0 Å². The molecular formula is C12H23NO4S. The highest BCUT2D eigenvalue weighted by Gasteiger charge is 2.26. The van der Waals surface area contributed by atoms with Gasteiger partial charge in [-0.3, -0.25) is 4.79 Å². The molecule has 0 radical (unpaired) electrons. The monoisotopic (exact) mass is 277 g/mol. The first-order valence-electron chi connectivity index (χ1n) is 6.61. The van der Waals surface area contributed by atoms with E-state index in [-0.39, 0.29) is 23.5 Å². The molecule has 1 rings (SSSR count). The quantitative estimate of drug-likeness (QED) is 0.726. The number of nitrogens with one attached hydrogen (secondary N) is 1. The van der Waals surface area contributed by atoms with Gasteiger partial charge in [-0.2, -0.15) is 0 Å². The van der Waals surface area contributed by atoms with Gasteiger partial charge >= 0.3 is 5.97 Å². The molecule has 2 unspecified atom stereocenters. The predicted molar refractivity (Wildman–Crippen MR) is 70.3 cm³/mol. The molecule has 0 aromatic heterocycles. The fourth-order valence-electron chi connectivity index (χ4n) is 2.43. The van der Waals surface area contributed by atoms with E-state index in [1.54, 1.807) is 0 Å². The van der Waals surface area contributed by atoms with Gasteiger partial charge in [0.2, 0.25) is 0 Å². The van der Waals surface area contributed by atoms with Gasteiger partial charge in [0.25, 0.3) is 0 Å². The topological polar surface area (TPSA) is 83.5 Å². The van der Waals surface area contributed by atoms with Crippen LogP contribution in [0.25, 0.3) is 0 Å². The van der Waals surface area contributed by atoms with Crippen molar-refractivity contribution >= 4 is 15.8 Å². The summed E-state index contributed by atoms with van der Waals surface area (Å²) in [6, 6.07) is 0.150. The molecule has 0 aliphatic heterocycles. The Labute approximate surface area is 109 Å². The summed E-state index contributed by atoms with van der Waals surface area (Å²) in [5, 5.41) is 12.1. The molecule has 1 fully saturated rings. The van der Waals surface area contributed by atoms with Crippen molar-refractivity contribution in [2.24, 2.45) is 5.92 Å². The molecule has 1 saturated carbocycles. The van der Waals surface area contributed by atoms with Crippen molar-refractivity contribution in [2.75, 3.05) is 18.1 Å². The highest BCUT2D eigenvalue weighted by atomic mass is 32.2. The lowest BCUT2D eigenvalue weighted by molar-refractivity contribution is -0.143. The number of sulfone groups is 1. The average Bonchev–Trinajstić information content (AvgIpc) is 2.29. The van der Waals surface area contributed by atoms with Gasteiger partial charge < -0.3 is 10.4 Å². The molecule has 6 heteroatoms. The molecule has 106 valence electrons. The molecule has 0 amide bonds. The third kappa shape index (κ3) is 5.35. The van der Waals surface area contributed by atoms with Crippen molar-refractivity contribution in [1.29, 1.82) is 0 Å². The number of carbonyl (C=O) groups is 1. The Hall–Kier alpha value is -0.620. The largest absolute Gasteiger partial charge is 0.481 e. The molecule has 1 aliphatic rings. The van der Waals surface area contributed by atoms with Crippen molar-refractivity contribution in [1.82, 2.24) is 5.32 Å². The Bertz CT molecular complexity index is 366. The van der Waals surface area contributed by atoms with Crippen molar-refractivity contribution in [3.8, 4) is 0 Å². The van der Waals surface area contributed by atoms with Gasteiger partial charge in [-0.25, -0.2) is 8.42 Å². The minimum absolute atomic E-state index is 0.148. The van der Waals surface area contributed by atoms with Crippen molar-refractivity contribution in [3.63, 3.8) is 0 Å². The van der Waals surface area contributed by atoms with E-state index in [1.165, 1.54) is 0 Å². The molecule has 2 N–H and O–H groups in total. The first-order valence-corrected chi connectivity index (χ1v) is 8.43. The van der Waals surface area contributed by atoms with Gasteiger partial charge in [-0.05, 0) is 25.7 Å². The molecule has 1 aliphatic carbocycles. The molecule has 0 spiro atoms. The van der Waals surface area contributed by atoms with Crippen LogP contribution in [0.1, 0.15) is 39.0 Å². The van der Waals surface area contributed by atoms with Crippen molar-refractivity contribution in [2.45, 2.75) is 45.1 Å². The number of carboxylic acids is 1. The van der Waals surface area contributed by atoms with Crippen LogP contribution in [0, 0.1) is 5.92 Å². The standard InChI is InChI=1S/C12H23NO4S/c1-2-7-18(16,17)8-6-13-11-5-3-4-10(9-11)12(14)15/h10-11,13H,2-9H2,1H3,(H,14,15). The second-order valence-electron chi connectivity index (χ2n) is 5.00. The Kier molecular flexibility index (Phi) is 6.08. The smallest absolute Gasteiger partial charge is 0.306 e. The summed E-state index contributed by atoms with van der Waals surface area (Å²) < 4.78 is 23.0. The second kappa shape index (κ2) is 7.09. The number of carboxylic acid groups (broad SMARTS) is 1. The van der Waals surface area contributed by atoms with Crippen molar-refractivity contribution in [3.05, 3.63) is 0 Å². The predicted octanol–water partition coefficient (Wildman–Crippen LogP) is 1.04. The molecule has 0 aromatic carbocycles. The number of hydrogen-bond acceptors (Lipinski definition) is 4. The van der Waals surface area contributed by atoms with E-state index in [0.717, 1.165) is 19.3 Å². The zero-order chi connectivity index (χ0) is 13.6. The van der Waals surface area contributed by atoms with Gasteiger partial charge in [-0.1, -0.05) is 13.3 Å². The van der Waals surface area contributed by atoms with E-state index in [4.69, 9.17) is 5.11 Å². The van der Waals surface area contributed by atoms with E-state index in [2.05, 4.69) is 5.32 Å². The lowest BCUT2D eigenvalue weighted by Gasteiger charge is -2.27. The summed E-state index contributed by atoms with van der Waals surface area (Å²) in [4.78, 5) is 10.9. The molecule has 0 aromatic rings. The van der Waals surface area contributed by atoms with E-state index in [0.29, 0.717) is 19.4 Å². The van der Waals surface area contributed by atoms with E-state index < -0.39 is 15.8 Å². The SMILES string of the molecule is CCCS(=O)(=O)CCNC1CCCC(C(=O)O)C1. The highest BCUT2D eigenvalue weighted by molar-refractivity contribution is 7.91. The zero-order valence-corrected chi connectivity index (χ0v) is 11.7. The number of aliphatic carboxylic acids is 1. The van der Waals surface area contributed by atoms with Crippen LogP contribution in [-0.2, 0) is 14.6 Å². The highest BCUT2D eigenvalue weighted by Crippen LogP contribution is 2.24. The Morgan fingerprint density at radius 3 is 2.67 bits per heavy atom. The van der Waals surface area contributed by atoms with Crippen LogP contribution in [-0.4, -0.2) is 43.6 Å². The molecule has 0 saturated heterocycles. The lowest BCUT2D eigenvalue weighted by atomic mass is 9.86. The maximum absolute atomic E-state index is 11.5. The Balaban J connectivity index is 2.29. The molecule has 18 heavy (non-hydrogen) atoms. The van der Waals surface area contributed by atoms with Crippen LogP contribution in [0.15, 0.2) is 0 Å². The molecular weight excluding hydrogens is 254 g/mol. The van der Waals surface area contributed by atoms with Crippen LogP contribution in [0.5, 0.6) is 0 Å². The van der Waals surface area contributed by atoms with E-state index in [1.807, 2.05) is 6.92 Å². The minimum atomic E-state index is -2.94. The summed E-state index contributed by atoms with van der Waals surface area (Å²) in [5.74, 6) is -0.629. The second-order valence-corrected chi connectivity index (χ2v) is 7.31. The number of rotatable bonds is 7. The van der Waals surface area contributed by atoms with Gasteiger partial charge in [0.1, 0.15) is 0 Å². The lowest BCUT2D eigenvalue weighted by Crippen LogP contribution is -2.38. The molecule has 5 nitrogen and oxygen atoms in total. The number of hydrogen-bond donors (Lipinski definition) is 2. The summed E-state index contributed by atoms with van der Waals surface area (Å²) >= 11 is 0. The van der Waals surface area contributed by atoms with Gasteiger partial charge in [0.05, 0.1) is 11.7 Å². The van der Waals surface area contributed by atoms with Crippen LogP contribution < -0.4 is 5.32 Å². The van der Waals surface area contributed by atoms with Crippen LogP contribution >= 0.6 is 0 Å². The molecule has 2 atom stereocenters. The van der Waals surface area contributed by atoms with E-state index in [9.17, 15) is 13.2 Å². The van der Waals surface area contributed by atoms with Crippen LogP contribution in [0.3, 0.4) is 0 Å². The molecule has 0 heterocycles. The first-order chi connectivity index (χ1) is 8.44. The average molecular weight is 277 g/mol. The zero-order valence-electron chi connectivity index (χ0n) is 10.9. The third-order valence-electron chi connectivity index (χ3n) is 3.38. The summed E-state index contributed by atoms with van der Waals surface area (Å²) in [6.07, 6.45) is 3.84. The first kappa shape index (κ1) is 15.4. The van der Waals surface area contributed by atoms with Crippen molar-refractivity contribution < 1.29 is 18.3 Å². The summed E-state index contributed by atoms with van der Waals surface area (Å²) in [5.41, 5.74) is 0. The molecule has 0 bridgehead atoms. The normalized spacial score (nSPS) is 24.9. The minimum Gasteiger partial charge on any atom is -0.481 e. The fraction of sp³-hybridized carbons (Fsp3) is 0.917. The Morgan fingerprint density at radius 1 is 1.33 bits per heavy atom. The van der Waals surface area contributed by atoms with Crippen LogP contribution in [0.2, 0.25) is 0 Å².